The van der Waals surface area contributed by atoms with Gasteiger partial charge in [0.2, 0.25) is 0 Å². The van der Waals surface area contributed by atoms with Crippen molar-refractivity contribution >= 4 is 38.0 Å². The second kappa shape index (κ2) is 7.90. The van der Waals surface area contributed by atoms with Crippen molar-refractivity contribution in [2.45, 2.75) is 18.2 Å². The number of carbonyl (C=O) groups is 1. The number of anilines is 2. The Morgan fingerprint density at radius 1 is 0.812 bits per heavy atom. The number of sulfonamides is 1. The lowest BCUT2D eigenvalue weighted by Gasteiger charge is -2.38. The molecule has 0 aromatic heterocycles. The van der Waals surface area contributed by atoms with E-state index in [-0.39, 0.29) is 23.6 Å². The van der Waals surface area contributed by atoms with Gasteiger partial charge in [0.15, 0.2) is 5.78 Å². The molecule has 0 saturated carbocycles. The first-order valence-electron chi connectivity index (χ1n) is 11.0. The minimum absolute atomic E-state index is 0.0129. The van der Waals surface area contributed by atoms with Gasteiger partial charge in [0, 0.05) is 39.1 Å². The van der Waals surface area contributed by atoms with Crippen LogP contribution in [0.15, 0.2) is 59.5 Å². The third-order valence-electron chi connectivity index (χ3n) is 6.48. The first-order chi connectivity index (χ1) is 15.3. The average Bonchev–Trinajstić information content (AvgIpc) is 2.78. The largest absolute Gasteiger partial charge is 0.368 e. The van der Waals surface area contributed by atoms with E-state index in [2.05, 4.69) is 16.8 Å². The summed E-state index contributed by atoms with van der Waals surface area (Å²) in [5, 5.41) is 1.87. The molecule has 3 aromatic carbocycles. The summed E-state index contributed by atoms with van der Waals surface area (Å²) in [5.74, 6) is 0.0129. The van der Waals surface area contributed by atoms with Gasteiger partial charge in [-0.15, -0.1) is 0 Å². The normalized spacial score (nSPS) is 17.6. The van der Waals surface area contributed by atoms with Gasteiger partial charge in [0.25, 0.3) is 10.0 Å². The fourth-order valence-electron chi connectivity index (χ4n) is 4.68. The van der Waals surface area contributed by atoms with Crippen LogP contribution in [0.1, 0.15) is 22.3 Å². The maximum atomic E-state index is 13.7. The molecule has 0 spiro atoms. The highest BCUT2D eigenvalue weighted by Crippen LogP contribution is 2.39. The third-order valence-corrected chi connectivity index (χ3v) is 8.29. The van der Waals surface area contributed by atoms with Crippen LogP contribution >= 0.6 is 0 Å². The third kappa shape index (κ3) is 3.55. The number of hydrogen-bond donors (Lipinski definition) is 0. The number of hydrogen-bond acceptors (Lipinski definition) is 5. The van der Waals surface area contributed by atoms with Crippen LogP contribution in [-0.2, 0) is 10.0 Å². The van der Waals surface area contributed by atoms with Gasteiger partial charge in [-0.2, -0.15) is 0 Å². The summed E-state index contributed by atoms with van der Waals surface area (Å²) in [4.78, 5) is 17.8. The summed E-state index contributed by atoms with van der Waals surface area (Å²) >= 11 is 0. The minimum atomic E-state index is -3.81. The molecule has 0 bridgehead atoms. The zero-order valence-electron chi connectivity index (χ0n) is 18.4. The number of benzene rings is 3. The zero-order valence-corrected chi connectivity index (χ0v) is 19.2. The van der Waals surface area contributed by atoms with Gasteiger partial charge in [0.1, 0.15) is 0 Å². The summed E-state index contributed by atoms with van der Waals surface area (Å²) in [6.07, 6.45) is 0.184. The summed E-state index contributed by atoms with van der Waals surface area (Å²) in [7, 11) is -1.72. The minimum Gasteiger partial charge on any atom is -0.368 e. The smallest absolute Gasteiger partial charge is 0.264 e. The van der Waals surface area contributed by atoms with E-state index in [4.69, 9.17) is 0 Å². The molecule has 2 aliphatic rings. The predicted molar refractivity (Wildman–Crippen MR) is 128 cm³/mol. The maximum Gasteiger partial charge on any atom is 0.264 e. The number of rotatable bonds is 3. The number of likely N-dealkylation sites (N-methyl/N-ethyl adjacent to an activating group) is 1. The first-order valence-corrected chi connectivity index (χ1v) is 12.4. The molecule has 3 aromatic rings. The van der Waals surface area contributed by atoms with Crippen molar-refractivity contribution in [3.63, 3.8) is 0 Å². The molecule has 2 heterocycles. The Morgan fingerprint density at radius 3 is 2.25 bits per heavy atom. The number of piperazine rings is 1. The van der Waals surface area contributed by atoms with Crippen molar-refractivity contribution in [3.8, 4) is 0 Å². The number of fused-ring (bicyclic) bond motifs is 2. The molecule has 5 rings (SSSR count). The molecule has 0 amide bonds. The van der Waals surface area contributed by atoms with Gasteiger partial charge in [-0.3, -0.25) is 9.10 Å². The van der Waals surface area contributed by atoms with Crippen molar-refractivity contribution < 1.29 is 13.2 Å². The number of Topliss-reactive ketones (excluding diaryl/α,β-unsaturated/α-hetero) is 1. The molecule has 166 valence electrons. The average molecular weight is 450 g/mol. The van der Waals surface area contributed by atoms with Gasteiger partial charge < -0.3 is 9.80 Å². The van der Waals surface area contributed by atoms with E-state index in [1.807, 2.05) is 49.4 Å². The fraction of sp³-hybridized carbons (Fsp3) is 0.320. The van der Waals surface area contributed by atoms with Gasteiger partial charge in [-0.05, 0) is 54.6 Å². The molecular weight excluding hydrogens is 422 g/mol. The van der Waals surface area contributed by atoms with E-state index in [0.717, 1.165) is 48.2 Å². The van der Waals surface area contributed by atoms with Crippen LogP contribution < -0.4 is 9.21 Å². The van der Waals surface area contributed by atoms with E-state index >= 15 is 0 Å². The van der Waals surface area contributed by atoms with Gasteiger partial charge >= 0.3 is 0 Å². The summed E-state index contributed by atoms with van der Waals surface area (Å²) in [6, 6.07) is 16.8. The quantitative estimate of drug-likeness (QED) is 0.611. The topological polar surface area (TPSA) is 60.9 Å². The molecule has 7 heteroatoms. The Bertz CT molecular complexity index is 1310. The highest BCUT2D eigenvalue weighted by molar-refractivity contribution is 7.92. The Morgan fingerprint density at radius 2 is 1.50 bits per heavy atom. The predicted octanol–water partition coefficient (Wildman–Crippen LogP) is 3.68. The molecule has 1 saturated heterocycles. The highest BCUT2D eigenvalue weighted by Gasteiger charge is 2.35. The molecule has 0 atom stereocenters. The monoisotopic (exact) mass is 449 g/mol. The van der Waals surface area contributed by atoms with Gasteiger partial charge in [0.05, 0.1) is 21.8 Å². The van der Waals surface area contributed by atoms with Crippen LogP contribution in [0, 0.1) is 6.92 Å². The van der Waals surface area contributed by atoms with Crippen LogP contribution in [0.2, 0.25) is 0 Å². The SMILES string of the molecule is Cc1cc(N2CCN(C)CC2)c2c(c1)N(S(=O)(=O)c1ccc3ccccc3c1)CCC2=O. The van der Waals surface area contributed by atoms with Crippen LogP contribution in [-0.4, -0.2) is 58.9 Å². The van der Waals surface area contributed by atoms with E-state index in [1.54, 1.807) is 12.1 Å². The Kier molecular flexibility index (Phi) is 5.18. The zero-order chi connectivity index (χ0) is 22.5. The molecule has 0 N–H and O–H groups in total. The van der Waals surface area contributed by atoms with Crippen molar-refractivity contribution in [3.05, 3.63) is 65.7 Å². The number of nitrogens with zero attached hydrogens (tertiary/aromatic N) is 3. The first kappa shape index (κ1) is 21.0. The Hall–Kier alpha value is -2.90. The van der Waals surface area contributed by atoms with Crippen LogP contribution in [0.3, 0.4) is 0 Å². The second-order valence-electron chi connectivity index (χ2n) is 8.73. The Labute approximate surface area is 189 Å². The van der Waals surface area contributed by atoms with Crippen molar-refractivity contribution in [1.82, 2.24) is 4.90 Å². The van der Waals surface area contributed by atoms with E-state index in [1.165, 1.54) is 4.31 Å². The second-order valence-corrected chi connectivity index (χ2v) is 10.6. The van der Waals surface area contributed by atoms with Crippen LogP contribution in [0.25, 0.3) is 10.8 Å². The molecule has 2 aliphatic heterocycles. The van der Waals surface area contributed by atoms with E-state index in [9.17, 15) is 13.2 Å². The van der Waals surface area contributed by atoms with Gasteiger partial charge in [-0.25, -0.2) is 8.42 Å². The van der Waals surface area contributed by atoms with E-state index in [0.29, 0.717) is 11.3 Å². The lowest BCUT2D eigenvalue weighted by molar-refractivity contribution is 0.0982. The lowest BCUT2D eigenvalue weighted by Crippen LogP contribution is -2.46. The Balaban J connectivity index is 1.61. The molecule has 0 radical (unpaired) electrons. The highest BCUT2D eigenvalue weighted by atomic mass is 32.2. The molecule has 0 unspecified atom stereocenters. The lowest BCUT2D eigenvalue weighted by atomic mass is 9.97. The maximum absolute atomic E-state index is 13.7. The number of ketones is 1. The standard InChI is InChI=1S/C25H27N3O3S/c1-18-15-22(27-13-11-26(2)12-14-27)25-23(16-18)28(10-9-24(25)29)32(30,31)21-8-7-19-5-3-4-6-20(19)17-21/h3-8,15-17H,9-14H2,1-2H3. The molecule has 1 fully saturated rings. The van der Waals surface area contributed by atoms with Gasteiger partial charge in [-0.1, -0.05) is 30.3 Å². The summed E-state index contributed by atoms with van der Waals surface area (Å²) in [5.41, 5.74) is 2.85. The molecule has 6 nitrogen and oxygen atoms in total. The van der Waals surface area contributed by atoms with E-state index < -0.39 is 10.0 Å². The molecule has 32 heavy (non-hydrogen) atoms. The molecular formula is C25H27N3O3S. The van der Waals surface area contributed by atoms with Crippen molar-refractivity contribution in [2.24, 2.45) is 0 Å². The summed E-state index contributed by atoms with van der Waals surface area (Å²) < 4.78 is 28.9. The summed E-state index contributed by atoms with van der Waals surface area (Å²) in [6.45, 7) is 5.58. The van der Waals surface area contributed by atoms with Crippen molar-refractivity contribution in [2.75, 3.05) is 49.0 Å². The van der Waals surface area contributed by atoms with Crippen molar-refractivity contribution in [1.29, 1.82) is 0 Å². The van der Waals surface area contributed by atoms with Crippen LogP contribution in [0.4, 0.5) is 11.4 Å². The van der Waals surface area contributed by atoms with Crippen LogP contribution in [0.5, 0.6) is 0 Å². The fourth-order valence-corrected chi connectivity index (χ4v) is 6.19. The number of carbonyl (C=O) groups excluding carboxylic acids is 1. The molecule has 0 aliphatic carbocycles. The number of aryl methyl sites for hydroxylation is 1.